The fraction of sp³-hybridized carbons (Fsp3) is 0.550. The molecule has 0 unspecified atom stereocenters. The maximum atomic E-state index is 12.4. The van der Waals surface area contributed by atoms with E-state index in [4.69, 9.17) is 9.47 Å². The second-order valence-corrected chi connectivity index (χ2v) is 6.98. The molecule has 154 valence electrons. The Morgan fingerprint density at radius 3 is 2.61 bits per heavy atom. The van der Waals surface area contributed by atoms with Gasteiger partial charge >= 0.3 is 5.97 Å². The van der Waals surface area contributed by atoms with Crippen molar-refractivity contribution in [1.29, 1.82) is 0 Å². The van der Waals surface area contributed by atoms with Gasteiger partial charge in [0.25, 0.3) is 0 Å². The molecular formula is C20H28N2O6. The van der Waals surface area contributed by atoms with Crippen LogP contribution < -0.4 is 10.1 Å². The summed E-state index contributed by atoms with van der Waals surface area (Å²) in [5.41, 5.74) is 0. The van der Waals surface area contributed by atoms with Gasteiger partial charge in [-0.25, -0.2) is 4.79 Å². The number of aliphatic carboxylic acids is 1. The molecule has 1 aromatic carbocycles. The average Bonchev–Trinajstić information content (AvgIpc) is 3.07. The lowest BCUT2D eigenvalue weighted by molar-refractivity contribution is -0.148. The molecule has 0 saturated carbocycles. The lowest BCUT2D eigenvalue weighted by Gasteiger charge is -2.21. The van der Waals surface area contributed by atoms with E-state index in [1.165, 1.54) is 4.90 Å². The lowest BCUT2D eigenvalue weighted by atomic mass is 10.2. The lowest BCUT2D eigenvalue weighted by Crippen LogP contribution is -2.45. The van der Waals surface area contributed by atoms with Gasteiger partial charge in [0.15, 0.2) is 0 Å². The third-order valence-electron chi connectivity index (χ3n) is 4.33. The molecule has 1 aliphatic rings. The zero-order valence-corrected chi connectivity index (χ0v) is 16.3. The molecule has 0 aliphatic carbocycles. The Labute approximate surface area is 164 Å². The number of hydrogen-bond acceptors (Lipinski definition) is 5. The van der Waals surface area contributed by atoms with Crippen LogP contribution in [0.15, 0.2) is 30.3 Å². The van der Waals surface area contributed by atoms with Crippen molar-refractivity contribution in [3.8, 4) is 5.75 Å². The first-order valence-corrected chi connectivity index (χ1v) is 9.49. The van der Waals surface area contributed by atoms with Gasteiger partial charge in [0.1, 0.15) is 11.8 Å². The highest BCUT2D eigenvalue weighted by atomic mass is 16.5. The predicted molar refractivity (Wildman–Crippen MR) is 102 cm³/mol. The van der Waals surface area contributed by atoms with Crippen molar-refractivity contribution < 1.29 is 29.0 Å². The summed E-state index contributed by atoms with van der Waals surface area (Å²) in [5.74, 6) is -1.01. The van der Waals surface area contributed by atoms with E-state index < -0.39 is 17.9 Å². The molecule has 1 heterocycles. The molecule has 0 aromatic heterocycles. The first-order chi connectivity index (χ1) is 13.4. The van der Waals surface area contributed by atoms with Crippen molar-refractivity contribution >= 4 is 17.8 Å². The third-order valence-corrected chi connectivity index (χ3v) is 4.33. The largest absolute Gasteiger partial charge is 0.494 e. The Bertz CT molecular complexity index is 664. The summed E-state index contributed by atoms with van der Waals surface area (Å²) in [4.78, 5) is 37.0. The summed E-state index contributed by atoms with van der Waals surface area (Å²) in [6, 6.07) is 8.38. The number of hydrogen-bond donors (Lipinski definition) is 2. The van der Waals surface area contributed by atoms with Gasteiger partial charge in [0.2, 0.25) is 11.8 Å². The smallest absolute Gasteiger partial charge is 0.326 e. The maximum absolute atomic E-state index is 12.4. The normalized spacial score (nSPS) is 18.9. The highest BCUT2D eigenvalue weighted by Crippen LogP contribution is 2.22. The standard InChI is InChI=1S/C20H28N2O6/c1-14(2)28-16-11-17(20(25)26)22(13-16)19(24)12-21-18(23)9-6-10-27-15-7-4-3-5-8-15/h3-5,7-8,14,16-17H,6,9-13H2,1-2H3,(H,21,23)(H,25,26)/t16-,17+/m1/s1. The first kappa shape index (κ1) is 21.7. The number of carboxylic acid groups (broad SMARTS) is 1. The molecule has 1 saturated heterocycles. The van der Waals surface area contributed by atoms with Gasteiger partial charge in [0.05, 0.1) is 25.4 Å². The fourth-order valence-electron chi connectivity index (χ4n) is 3.09. The zero-order valence-electron chi connectivity index (χ0n) is 16.3. The highest BCUT2D eigenvalue weighted by Gasteiger charge is 2.40. The quantitative estimate of drug-likeness (QED) is 0.584. The fourth-order valence-corrected chi connectivity index (χ4v) is 3.09. The van der Waals surface area contributed by atoms with Crippen LogP contribution in [0, 0.1) is 0 Å². The minimum atomic E-state index is -1.06. The molecule has 1 aliphatic heterocycles. The molecule has 2 N–H and O–H groups in total. The van der Waals surface area contributed by atoms with Crippen molar-refractivity contribution in [1.82, 2.24) is 10.2 Å². The van der Waals surface area contributed by atoms with Crippen LogP contribution in [0.25, 0.3) is 0 Å². The number of ether oxygens (including phenoxy) is 2. The SMILES string of the molecule is CC(C)O[C@@H]1C[C@@H](C(=O)O)N(C(=O)CNC(=O)CCCOc2ccccc2)C1. The number of carbonyl (C=O) groups is 3. The Hall–Kier alpha value is -2.61. The van der Waals surface area contributed by atoms with Gasteiger partial charge in [-0.15, -0.1) is 0 Å². The molecule has 0 radical (unpaired) electrons. The van der Waals surface area contributed by atoms with Gasteiger partial charge in [-0.2, -0.15) is 0 Å². The summed E-state index contributed by atoms with van der Waals surface area (Å²) in [6.07, 6.45) is 0.634. The van der Waals surface area contributed by atoms with Gasteiger partial charge < -0.3 is 24.8 Å². The summed E-state index contributed by atoms with van der Waals surface area (Å²) in [6.45, 7) is 4.11. The second-order valence-electron chi connectivity index (χ2n) is 6.98. The number of benzene rings is 1. The molecule has 0 bridgehead atoms. The van der Waals surface area contributed by atoms with Gasteiger partial charge in [0, 0.05) is 19.4 Å². The van der Waals surface area contributed by atoms with Crippen LogP contribution in [0.1, 0.15) is 33.1 Å². The first-order valence-electron chi connectivity index (χ1n) is 9.49. The maximum Gasteiger partial charge on any atom is 0.326 e. The van der Waals surface area contributed by atoms with E-state index >= 15 is 0 Å². The van der Waals surface area contributed by atoms with E-state index in [1.54, 1.807) is 0 Å². The Morgan fingerprint density at radius 1 is 1.25 bits per heavy atom. The molecule has 8 heteroatoms. The van der Waals surface area contributed by atoms with Crippen LogP contribution in [0.3, 0.4) is 0 Å². The highest BCUT2D eigenvalue weighted by molar-refractivity contribution is 5.88. The number of amides is 2. The Morgan fingerprint density at radius 2 is 1.96 bits per heavy atom. The zero-order chi connectivity index (χ0) is 20.5. The second kappa shape index (κ2) is 10.7. The molecule has 1 aromatic rings. The van der Waals surface area contributed by atoms with Crippen molar-refractivity contribution in [3.05, 3.63) is 30.3 Å². The van der Waals surface area contributed by atoms with Crippen LogP contribution in [-0.4, -0.2) is 65.7 Å². The summed E-state index contributed by atoms with van der Waals surface area (Å²) < 4.78 is 11.2. The monoisotopic (exact) mass is 392 g/mol. The summed E-state index contributed by atoms with van der Waals surface area (Å²) in [5, 5.41) is 11.9. The number of carboxylic acids is 1. The van der Waals surface area contributed by atoms with Gasteiger partial charge in [-0.3, -0.25) is 9.59 Å². The number of likely N-dealkylation sites (tertiary alicyclic amines) is 1. The van der Waals surface area contributed by atoms with E-state index in [0.717, 1.165) is 5.75 Å². The van der Waals surface area contributed by atoms with E-state index in [9.17, 15) is 19.5 Å². The molecule has 2 rings (SSSR count). The van der Waals surface area contributed by atoms with Crippen molar-refractivity contribution in [2.45, 2.75) is 51.4 Å². The topological polar surface area (TPSA) is 105 Å². The molecule has 28 heavy (non-hydrogen) atoms. The molecule has 0 spiro atoms. The number of carbonyl (C=O) groups excluding carboxylic acids is 2. The number of rotatable bonds is 10. The minimum Gasteiger partial charge on any atom is -0.494 e. The third kappa shape index (κ3) is 6.84. The van der Waals surface area contributed by atoms with E-state index in [0.29, 0.717) is 13.0 Å². The minimum absolute atomic E-state index is 0.0488. The van der Waals surface area contributed by atoms with Crippen molar-refractivity contribution in [3.63, 3.8) is 0 Å². The Balaban J connectivity index is 1.71. The van der Waals surface area contributed by atoms with E-state index in [2.05, 4.69) is 5.32 Å². The van der Waals surface area contributed by atoms with Crippen molar-refractivity contribution in [2.24, 2.45) is 0 Å². The number of nitrogens with zero attached hydrogens (tertiary/aromatic N) is 1. The molecular weight excluding hydrogens is 364 g/mol. The van der Waals surface area contributed by atoms with Crippen molar-refractivity contribution in [2.75, 3.05) is 19.7 Å². The van der Waals surface area contributed by atoms with E-state index in [-0.39, 0.29) is 44.0 Å². The number of para-hydroxylation sites is 1. The number of nitrogens with one attached hydrogen (secondary N) is 1. The Kier molecular flexibility index (Phi) is 8.25. The van der Waals surface area contributed by atoms with Crippen LogP contribution in [-0.2, 0) is 19.1 Å². The van der Waals surface area contributed by atoms with Crippen LogP contribution >= 0.6 is 0 Å². The van der Waals surface area contributed by atoms with Crippen LogP contribution in [0.4, 0.5) is 0 Å². The predicted octanol–water partition coefficient (Wildman–Crippen LogP) is 1.44. The average molecular weight is 392 g/mol. The van der Waals surface area contributed by atoms with Crippen LogP contribution in [0.2, 0.25) is 0 Å². The summed E-state index contributed by atoms with van der Waals surface area (Å²) >= 11 is 0. The molecule has 1 fully saturated rings. The van der Waals surface area contributed by atoms with E-state index in [1.807, 2.05) is 44.2 Å². The molecule has 2 amide bonds. The molecule has 2 atom stereocenters. The van der Waals surface area contributed by atoms with Gasteiger partial charge in [-0.05, 0) is 32.4 Å². The van der Waals surface area contributed by atoms with Crippen LogP contribution in [0.5, 0.6) is 5.75 Å². The summed E-state index contributed by atoms with van der Waals surface area (Å²) in [7, 11) is 0. The van der Waals surface area contributed by atoms with Gasteiger partial charge in [-0.1, -0.05) is 18.2 Å². The molecule has 8 nitrogen and oxygen atoms in total.